The molecule has 0 radical (unpaired) electrons. The molecule has 0 spiro atoms. The maximum absolute atomic E-state index is 12.7. The molecule has 1 rings (SSSR count). The Morgan fingerprint density at radius 1 is 1.32 bits per heavy atom. The van der Waals surface area contributed by atoms with Crippen molar-refractivity contribution in [2.75, 3.05) is 0 Å². The summed E-state index contributed by atoms with van der Waals surface area (Å²) in [6, 6.07) is 5.70. The molecule has 1 aromatic rings. The molecule has 1 aromatic carbocycles. The molecule has 0 fully saturated rings. The van der Waals surface area contributed by atoms with Crippen LogP contribution in [-0.4, -0.2) is 13.9 Å². The molecule has 0 bridgehead atoms. The Morgan fingerprint density at radius 3 is 2.18 bits per heavy atom. The predicted molar refractivity (Wildman–Crippen MR) is 87.3 cm³/mol. The van der Waals surface area contributed by atoms with Crippen molar-refractivity contribution in [3.05, 3.63) is 49.8 Å². The molecule has 0 atom stereocenters. The van der Waals surface area contributed by atoms with Crippen molar-refractivity contribution < 1.29 is 25.5 Å². The van der Waals surface area contributed by atoms with Crippen LogP contribution >= 0.6 is 20.2 Å². The number of allylic oxidation sites excluding steroid dienone is 1. The first-order valence-corrected chi connectivity index (χ1v) is 10.4. The van der Waals surface area contributed by atoms with Gasteiger partial charge in [-0.2, -0.15) is 0 Å². The molecular weight excluding hydrogens is 432 g/mol. The van der Waals surface area contributed by atoms with Gasteiger partial charge in [-0.05, 0) is 0 Å². The molecule has 0 unspecified atom stereocenters. The summed E-state index contributed by atoms with van der Waals surface area (Å²) in [5.74, 6) is 0. The summed E-state index contributed by atoms with van der Waals surface area (Å²) < 4.78 is 73.6. The first kappa shape index (κ1) is 17.5. The first-order chi connectivity index (χ1) is 10.3. The molecule has 0 N–H and O–H groups in total. The average Bonchev–Trinajstić information content (AvgIpc) is 2.36. The van der Waals surface area contributed by atoms with Crippen molar-refractivity contribution >= 4 is 30.4 Å². The SMILES string of the molecule is [2H]c1ccc(I(OS(=O)(=O)C(F)(F)F)C(=C=C)C(C)(C)C)cc1. The summed E-state index contributed by atoms with van der Waals surface area (Å²) in [7, 11) is -5.74. The Balaban J connectivity index is 3.45. The fourth-order valence-electron chi connectivity index (χ4n) is 1.36. The summed E-state index contributed by atoms with van der Waals surface area (Å²) >= 11 is -3.44. The van der Waals surface area contributed by atoms with Crippen LogP contribution in [0.3, 0.4) is 0 Å². The van der Waals surface area contributed by atoms with E-state index in [1.54, 1.807) is 20.8 Å². The van der Waals surface area contributed by atoms with Crippen LogP contribution < -0.4 is 0 Å². The molecule has 0 aliphatic rings. The molecule has 0 saturated heterocycles. The average molecular weight is 449 g/mol. The van der Waals surface area contributed by atoms with E-state index in [-0.39, 0.29) is 6.04 Å². The van der Waals surface area contributed by atoms with Gasteiger partial charge in [0.2, 0.25) is 0 Å². The molecule has 0 aliphatic heterocycles. The fourth-order valence-corrected chi connectivity index (χ4v) is 8.38. The van der Waals surface area contributed by atoms with Crippen LogP contribution in [0.4, 0.5) is 13.2 Å². The van der Waals surface area contributed by atoms with Crippen molar-refractivity contribution in [2.24, 2.45) is 5.41 Å². The topological polar surface area (TPSA) is 43.4 Å². The van der Waals surface area contributed by atoms with Crippen LogP contribution in [0, 0.1) is 8.99 Å². The minimum atomic E-state index is -5.74. The Morgan fingerprint density at radius 2 is 1.82 bits per heavy atom. The number of rotatable bonds is 4. The van der Waals surface area contributed by atoms with Gasteiger partial charge in [0.25, 0.3) is 0 Å². The molecule has 0 heterocycles. The quantitative estimate of drug-likeness (QED) is 0.375. The van der Waals surface area contributed by atoms with Gasteiger partial charge in [0.15, 0.2) is 0 Å². The zero-order valence-corrected chi connectivity index (χ0v) is 15.1. The van der Waals surface area contributed by atoms with Gasteiger partial charge in [0, 0.05) is 0 Å². The first-order valence-electron chi connectivity index (χ1n) is 6.48. The normalized spacial score (nSPS) is 14.1. The second-order valence-electron chi connectivity index (χ2n) is 5.17. The van der Waals surface area contributed by atoms with Crippen molar-refractivity contribution in [2.45, 2.75) is 26.3 Å². The molecule has 0 saturated carbocycles. The zero-order valence-electron chi connectivity index (χ0n) is 13.2. The van der Waals surface area contributed by atoms with E-state index in [9.17, 15) is 21.6 Å². The Bertz CT molecular complexity index is 715. The molecule has 0 amide bonds. The standard InChI is InChI=1S/C14H16F3IO3S/c1-5-12(13(2,3)4)18(11-9-7-6-8-10-11)21-22(19,20)14(15,16)17/h6-10H,1H2,2-4H3/i6D. The molecule has 0 aromatic heterocycles. The van der Waals surface area contributed by atoms with Gasteiger partial charge in [0.05, 0.1) is 0 Å². The predicted octanol–water partition coefficient (Wildman–Crippen LogP) is 4.86. The summed E-state index contributed by atoms with van der Waals surface area (Å²) in [5.41, 5.74) is -3.60. The van der Waals surface area contributed by atoms with Crippen LogP contribution in [0.2, 0.25) is 0 Å². The van der Waals surface area contributed by atoms with E-state index in [0.29, 0.717) is 7.15 Å². The Labute approximate surface area is 137 Å². The van der Waals surface area contributed by atoms with E-state index in [1.165, 1.54) is 24.3 Å². The van der Waals surface area contributed by atoms with Crippen molar-refractivity contribution in [1.29, 1.82) is 0 Å². The number of hydrogen-bond acceptors (Lipinski definition) is 3. The van der Waals surface area contributed by atoms with Gasteiger partial charge in [-0.1, -0.05) is 0 Å². The van der Waals surface area contributed by atoms with Crippen LogP contribution in [0.25, 0.3) is 0 Å². The van der Waals surface area contributed by atoms with Gasteiger partial charge >= 0.3 is 137 Å². The monoisotopic (exact) mass is 449 g/mol. The molecular formula is C14H16F3IO3S. The Kier molecular flexibility index (Phi) is 5.37. The van der Waals surface area contributed by atoms with E-state index in [4.69, 9.17) is 1.37 Å². The van der Waals surface area contributed by atoms with Gasteiger partial charge < -0.3 is 0 Å². The van der Waals surface area contributed by atoms with E-state index >= 15 is 0 Å². The van der Waals surface area contributed by atoms with Gasteiger partial charge in [-0.25, -0.2) is 0 Å². The van der Waals surface area contributed by atoms with E-state index in [2.05, 4.69) is 14.8 Å². The van der Waals surface area contributed by atoms with Gasteiger partial charge in [0.1, 0.15) is 0 Å². The maximum atomic E-state index is 12.7. The molecule has 124 valence electrons. The third-order valence-electron chi connectivity index (χ3n) is 2.29. The molecule has 8 heteroatoms. The van der Waals surface area contributed by atoms with Crippen LogP contribution in [-0.2, 0) is 12.6 Å². The summed E-state index contributed by atoms with van der Waals surface area (Å²) in [4.78, 5) is 0. The minimum absolute atomic E-state index is 0.156. The molecule has 22 heavy (non-hydrogen) atoms. The van der Waals surface area contributed by atoms with E-state index in [0.717, 1.165) is 0 Å². The number of benzene rings is 1. The van der Waals surface area contributed by atoms with Crippen molar-refractivity contribution in [3.63, 3.8) is 0 Å². The van der Waals surface area contributed by atoms with Crippen LogP contribution in [0.1, 0.15) is 22.1 Å². The second kappa shape index (κ2) is 6.74. The summed E-state index contributed by atoms with van der Waals surface area (Å²) in [6.07, 6.45) is 0. The summed E-state index contributed by atoms with van der Waals surface area (Å²) in [5, 5.41) is 0. The number of halogens is 4. The number of hydrogen-bond donors (Lipinski definition) is 0. The van der Waals surface area contributed by atoms with Crippen LogP contribution in [0.15, 0.2) is 46.2 Å². The molecule has 0 aliphatic carbocycles. The van der Waals surface area contributed by atoms with Gasteiger partial charge in [-0.15, -0.1) is 0 Å². The van der Waals surface area contributed by atoms with Crippen LogP contribution in [0.5, 0.6) is 0 Å². The van der Waals surface area contributed by atoms with E-state index in [1.807, 2.05) is 0 Å². The van der Waals surface area contributed by atoms with Gasteiger partial charge in [-0.3, -0.25) is 0 Å². The summed E-state index contributed by atoms with van der Waals surface area (Å²) in [6.45, 7) is 8.61. The van der Waals surface area contributed by atoms with Crippen molar-refractivity contribution in [1.82, 2.24) is 0 Å². The molecule has 3 nitrogen and oxygen atoms in total. The zero-order chi connectivity index (χ0) is 18.1. The van der Waals surface area contributed by atoms with E-state index < -0.39 is 41.3 Å². The Hall–Kier alpha value is -0.830. The third-order valence-corrected chi connectivity index (χ3v) is 10.5. The second-order valence-corrected chi connectivity index (χ2v) is 11.5. The number of alkyl halides is 3. The third kappa shape index (κ3) is 4.58. The fraction of sp³-hybridized carbons (Fsp3) is 0.357. The van der Waals surface area contributed by atoms with Crippen molar-refractivity contribution in [3.8, 4) is 0 Å².